The predicted octanol–water partition coefficient (Wildman–Crippen LogP) is 5.61. The number of para-hydroxylation sites is 1. The molecular weight excluding hydrogens is 443 g/mol. The van der Waals surface area contributed by atoms with Crippen molar-refractivity contribution in [2.45, 2.75) is 46.2 Å². The number of halogens is 1. The van der Waals surface area contributed by atoms with Gasteiger partial charge in [0.15, 0.2) is 11.5 Å². The van der Waals surface area contributed by atoms with E-state index in [1.54, 1.807) is 13.2 Å². The number of aliphatic hydroxyl groups excluding tert-OH is 1. The average molecular weight is 475 g/mol. The van der Waals surface area contributed by atoms with E-state index in [9.17, 15) is 9.50 Å². The number of aliphatic hydroxyl groups is 1. The molecule has 0 aliphatic carbocycles. The Kier molecular flexibility index (Phi) is 6.26. The minimum absolute atomic E-state index is 0. The number of hydrogen-bond acceptors (Lipinski definition) is 4. The molecule has 35 heavy (non-hydrogen) atoms. The minimum atomic E-state index is -0.266. The largest absolute Gasteiger partial charge is 0.493 e. The number of ether oxygens (including phenoxy) is 2. The van der Waals surface area contributed by atoms with Crippen LogP contribution in [0.2, 0.25) is 0 Å². The summed E-state index contributed by atoms with van der Waals surface area (Å²) >= 11 is 0. The monoisotopic (exact) mass is 474 g/mol. The van der Waals surface area contributed by atoms with Crippen LogP contribution >= 0.6 is 0 Å². The number of aromatic nitrogens is 1. The number of benzene rings is 3. The second-order valence-electron chi connectivity index (χ2n) is 9.07. The van der Waals surface area contributed by atoms with Crippen molar-refractivity contribution in [1.82, 2.24) is 9.47 Å². The molecule has 0 bridgehead atoms. The lowest BCUT2D eigenvalue weighted by atomic mass is 9.85. The van der Waals surface area contributed by atoms with Gasteiger partial charge in [-0.2, -0.15) is 0 Å². The zero-order valence-electron chi connectivity index (χ0n) is 19.1. The van der Waals surface area contributed by atoms with E-state index in [1.165, 1.54) is 39.9 Å². The molecule has 2 aliphatic rings. The van der Waals surface area contributed by atoms with E-state index < -0.39 is 0 Å². The molecule has 0 saturated carbocycles. The topological polar surface area (TPSA) is 46.9 Å². The van der Waals surface area contributed by atoms with Crippen molar-refractivity contribution in [2.75, 3.05) is 13.7 Å². The summed E-state index contributed by atoms with van der Waals surface area (Å²) in [6, 6.07) is 19.3. The highest BCUT2D eigenvalue weighted by Gasteiger charge is 2.35. The van der Waals surface area contributed by atoms with Gasteiger partial charge in [-0.1, -0.05) is 37.8 Å². The molecule has 0 saturated heterocycles. The molecule has 6 rings (SSSR count). The second-order valence-corrected chi connectivity index (χ2v) is 9.07. The first-order valence-corrected chi connectivity index (χ1v) is 11.7. The van der Waals surface area contributed by atoms with Crippen LogP contribution in [0.25, 0.3) is 10.9 Å². The van der Waals surface area contributed by atoms with Crippen LogP contribution < -0.4 is 9.47 Å². The maximum Gasteiger partial charge on any atom is 0.161 e. The Balaban J connectivity index is 0.00000253. The van der Waals surface area contributed by atoms with Gasteiger partial charge < -0.3 is 19.1 Å². The summed E-state index contributed by atoms with van der Waals surface area (Å²) in [5.74, 6) is 1.12. The lowest BCUT2D eigenvalue weighted by Gasteiger charge is -2.41. The van der Waals surface area contributed by atoms with Gasteiger partial charge in [-0.15, -0.1) is 0 Å². The molecule has 1 atom stereocenters. The molecule has 0 spiro atoms. The SMILES string of the molecule is C.COc1cc2c(cc1OCc1cccc(F)c1)CCN1Cc3c(c4ccccc4n3CO)CC21. The van der Waals surface area contributed by atoms with Crippen molar-refractivity contribution in [3.8, 4) is 11.5 Å². The highest BCUT2D eigenvalue weighted by molar-refractivity contribution is 5.86. The summed E-state index contributed by atoms with van der Waals surface area (Å²) in [5, 5.41) is 11.3. The van der Waals surface area contributed by atoms with E-state index in [-0.39, 0.29) is 32.6 Å². The van der Waals surface area contributed by atoms with Gasteiger partial charge in [-0.3, -0.25) is 4.90 Å². The molecule has 4 aromatic rings. The Morgan fingerprint density at radius 1 is 1.06 bits per heavy atom. The molecule has 2 aliphatic heterocycles. The van der Waals surface area contributed by atoms with Crippen LogP contribution in [0.15, 0.2) is 60.7 Å². The third-order valence-corrected chi connectivity index (χ3v) is 7.26. The fourth-order valence-electron chi connectivity index (χ4n) is 5.63. The fourth-order valence-corrected chi connectivity index (χ4v) is 5.63. The summed E-state index contributed by atoms with van der Waals surface area (Å²) in [4.78, 5) is 2.50. The molecule has 0 fully saturated rings. The second kappa shape index (κ2) is 9.36. The minimum Gasteiger partial charge on any atom is -0.493 e. The van der Waals surface area contributed by atoms with Crippen molar-refractivity contribution in [1.29, 1.82) is 0 Å². The Bertz CT molecular complexity index is 1380. The van der Waals surface area contributed by atoms with Crippen molar-refractivity contribution >= 4 is 10.9 Å². The summed E-state index contributed by atoms with van der Waals surface area (Å²) in [6.07, 6.45) is 1.81. The first-order chi connectivity index (χ1) is 16.7. The van der Waals surface area contributed by atoms with Crippen LogP contribution in [0, 0.1) is 5.82 Å². The first kappa shape index (κ1) is 23.4. The summed E-state index contributed by atoms with van der Waals surface area (Å²) in [7, 11) is 1.66. The van der Waals surface area contributed by atoms with E-state index in [1.807, 2.05) is 16.7 Å². The number of nitrogens with zero attached hydrogens (tertiary/aromatic N) is 2. The quantitative estimate of drug-likeness (QED) is 0.409. The molecule has 3 heterocycles. The van der Waals surface area contributed by atoms with Gasteiger partial charge in [-0.05, 0) is 65.4 Å². The average Bonchev–Trinajstić information content (AvgIpc) is 3.18. The number of fused-ring (bicyclic) bond motifs is 6. The number of rotatable bonds is 5. The molecule has 0 radical (unpaired) electrons. The maximum atomic E-state index is 13.5. The van der Waals surface area contributed by atoms with Gasteiger partial charge in [0, 0.05) is 30.2 Å². The standard InChI is InChI=1S/C28H27FN2O3.CH4/c1-33-27-14-22-19(12-28(27)34-16-18-5-4-6-20(29)11-18)9-10-30-15-26-23(13-25(22)30)21-7-2-3-8-24(21)31(26)17-32;/h2-8,11-12,14,25,32H,9-10,13,15-17H2,1H3;1H4. The normalized spacial score (nSPS) is 16.7. The van der Waals surface area contributed by atoms with Gasteiger partial charge in [0.25, 0.3) is 0 Å². The number of hydrogen-bond donors (Lipinski definition) is 1. The lowest BCUT2D eigenvalue weighted by Crippen LogP contribution is -2.39. The van der Waals surface area contributed by atoms with Crippen LogP contribution in [0.5, 0.6) is 11.5 Å². The molecule has 182 valence electrons. The third kappa shape index (κ3) is 3.97. The smallest absolute Gasteiger partial charge is 0.161 e. The molecule has 5 nitrogen and oxygen atoms in total. The molecular formula is C29H31FN2O3. The molecule has 6 heteroatoms. The van der Waals surface area contributed by atoms with E-state index in [0.717, 1.165) is 37.0 Å². The number of methoxy groups -OCH3 is 1. The van der Waals surface area contributed by atoms with Gasteiger partial charge >= 0.3 is 0 Å². The Labute approximate surface area is 205 Å². The molecule has 1 N–H and O–H groups in total. The van der Waals surface area contributed by atoms with Crippen LogP contribution in [0.1, 0.15) is 41.4 Å². The van der Waals surface area contributed by atoms with Crippen molar-refractivity contribution in [2.24, 2.45) is 0 Å². The summed E-state index contributed by atoms with van der Waals surface area (Å²) < 4.78 is 27.4. The Morgan fingerprint density at radius 2 is 1.91 bits per heavy atom. The van der Waals surface area contributed by atoms with Gasteiger partial charge in [0.05, 0.1) is 12.6 Å². The van der Waals surface area contributed by atoms with E-state index in [4.69, 9.17) is 9.47 Å². The molecule has 1 aromatic heterocycles. The van der Waals surface area contributed by atoms with Crippen LogP contribution in [-0.4, -0.2) is 28.2 Å². The van der Waals surface area contributed by atoms with Crippen LogP contribution in [-0.2, 0) is 32.7 Å². The van der Waals surface area contributed by atoms with E-state index >= 15 is 0 Å². The van der Waals surface area contributed by atoms with Crippen LogP contribution in [0.4, 0.5) is 4.39 Å². The van der Waals surface area contributed by atoms with Gasteiger partial charge in [0.2, 0.25) is 0 Å². The maximum absolute atomic E-state index is 13.5. The van der Waals surface area contributed by atoms with Crippen molar-refractivity contribution in [3.63, 3.8) is 0 Å². The predicted molar refractivity (Wildman–Crippen MR) is 135 cm³/mol. The fraction of sp³-hybridized carbons (Fsp3) is 0.310. The highest BCUT2D eigenvalue weighted by atomic mass is 19.1. The van der Waals surface area contributed by atoms with Crippen molar-refractivity contribution < 1.29 is 19.0 Å². The highest BCUT2D eigenvalue weighted by Crippen LogP contribution is 2.44. The third-order valence-electron chi connectivity index (χ3n) is 7.26. The lowest BCUT2D eigenvalue weighted by molar-refractivity contribution is 0.145. The van der Waals surface area contributed by atoms with Crippen LogP contribution in [0.3, 0.4) is 0 Å². The zero-order valence-corrected chi connectivity index (χ0v) is 19.1. The first-order valence-electron chi connectivity index (χ1n) is 11.7. The Hall–Kier alpha value is -3.35. The zero-order chi connectivity index (χ0) is 23.2. The molecule has 3 aromatic carbocycles. The summed E-state index contributed by atoms with van der Waals surface area (Å²) in [5.41, 5.74) is 6.95. The van der Waals surface area contributed by atoms with E-state index in [2.05, 4.69) is 35.2 Å². The van der Waals surface area contributed by atoms with Crippen molar-refractivity contribution in [3.05, 3.63) is 94.4 Å². The van der Waals surface area contributed by atoms with Gasteiger partial charge in [0.1, 0.15) is 19.2 Å². The van der Waals surface area contributed by atoms with E-state index in [0.29, 0.717) is 11.5 Å². The van der Waals surface area contributed by atoms with Gasteiger partial charge in [-0.25, -0.2) is 4.39 Å². The molecule has 0 amide bonds. The molecule has 1 unspecified atom stereocenters. The Morgan fingerprint density at radius 3 is 2.71 bits per heavy atom. The summed E-state index contributed by atoms with van der Waals surface area (Å²) in [6.45, 7) is 2.03.